The molecule has 0 spiro atoms. The van der Waals surface area contributed by atoms with Crippen molar-refractivity contribution in [1.29, 1.82) is 0 Å². The number of carboxylic acid groups (broad SMARTS) is 2. The normalized spacial score (nSPS) is 8.67. The molecule has 0 aliphatic carbocycles. The number of carbonyl (C=O) groups is 2. The van der Waals surface area contributed by atoms with Gasteiger partial charge in [-0.05, 0) is 12.1 Å². The van der Waals surface area contributed by atoms with E-state index in [0.29, 0.717) is 0 Å². The molecule has 1 aromatic rings. The summed E-state index contributed by atoms with van der Waals surface area (Å²) in [4.78, 5) is 20.3. The highest BCUT2D eigenvalue weighted by Gasteiger charge is 2.12. The molecule has 66 valence electrons. The van der Waals surface area contributed by atoms with Crippen LogP contribution >= 0.6 is 0 Å². The van der Waals surface area contributed by atoms with E-state index in [0.717, 1.165) is 12.1 Å². The Bertz CT molecular complexity index is 270. The highest BCUT2D eigenvalue weighted by Crippen LogP contribution is 2.06. The largest absolute Gasteiger partial charge is 0.475 e. The highest BCUT2D eigenvalue weighted by atomic mass is 16.4. The Hall–Kier alpha value is -1.78. The number of rotatable bonds is 2. The van der Waals surface area contributed by atoms with Crippen LogP contribution in [0.1, 0.15) is 28.5 Å². The third kappa shape index (κ3) is 1.85. The van der Waals surface area contributed by atoms with Gasteiger partial charge in [0, 0.05) is 0 Å². The van der Waals surface area contributed by atoms with E-state index >= 15 is 0 Å². The van der Waals surface area contributed by atoms with Crippen molar-refractivity contribution < 1.29 is 24.2 Å². The Morgan fingerprint density at radius 3 is 1.58 bits per heavy atom. The molecule has 0 fully saturated rings. The first-order chi connectivity index (χ1) is 5.11. The lowest BCUT2D eigenvalue weighted by Crippen LogP contribution is -1.94. The van der Waals surface area contributed by atoms with Crippen molar-refractivity contribution in [2.45, 2.75) is 7.43 Å². The fourth-order valence-corrected chi connectivity index (χ4v) is 0.568. The lowest BCUT2D eigenvalue weighted by atomic mass is 10.4. The van der Waals surface area contributed by atoms with Crippen molar-refractivity contribution in [3.8, 4) is 0 Å². The molecule has 1 heterocycles. The molecule has 5 heteroatoms. The van der Waals surface area contributed by atoms with E-state index in [1.165, 1.54) is 0 Å². The van der Waals surface area contributed by atoms with E-state index < -0.39 is 11.9 Å². The van der Waals surface area contributed by atoms with Gasteiger partial charge in [-0.15, -0.1) is 0 Å². The van der Waals surface area contributed by atoms with E-state index in [9.17, 15) is 9.59 Å². The summed E-state index contributed by atoms with van der Waals surface area (Å²) in [6.45, 7) is 0. The molecule has 0 radical (unpaired) electrons. The molecule has 0 unspecified atom stereocenters. The summed E-state index contributed by atoms with van der Waals surface area (Å²) in [5, 5.41) is 16.6. The van der Waals surface area contributed by atoms with Gasteiger partial charge in [0.25, 0.3) is 0 Å². The molecule has 2 N–H and O–H groups in total. The van der Waals surface area contributed by atoms with Crippen molar-refractivity contribution in [2.75, 3.05) is 0 Å². The second-order valence-corrected chi connectivity index (χ2v) is 1.77. The van der Waals surface area contributed by atoms with Crippen molar-refractivity contribution in [3.63, 3.8) is 0 Å². The Morgan fingerprint density at radius 2 is 1.42 bits per heavy atom. The molecular weight excluding hydrogens is 164 g/mol. The van der Waals surface area contributed by atoms with Gasteiger partial charge in [0.2, 0.25) is 11.5 Å². The van der Waals surface area contributed by atoms with Gasteiger partial charge in [0.1, 0.15) is 0 Å². The molecule has 0 aliphatic heterocycles. The Morgan fingerprint density at radius 1 is 1.08 bits per heavy atom. The molecule has 1 rings (SSSR count). The summed E-state index contributed by atoms with van der Waals surface area (Å²) in [6, 6.07) is 2.18. The molecule has 0 aliphatic rings. The fraction of sp³-hybridized carbons (Fsp3) is 0.143. The van der Waals surface area contributed by atoms with Crippen LogP contribution in [0.15, 0.2) is 16.5 Å². The summed E-state index contributed by atoms with van der Waals surface area (Å²) in [5.41, 5.74) is 0. The maximum Gasteiger partial charge on any atom is 0.371 e. The summed E-state index contributed by atoms with van der Waals surface area (Å²) < 4.78 is 4.41. The maximum absolute atomic E-state index is 10.2. The summed E-state index contributed by atoms with van der Waals surface area (Å²) in [6.07, 6.45) is 0. The average molecular weight is 172 g/mol. The minimum Gasteiger partial charge on any atom is -0.475 e. The van der Waals surface area contributed by atoms with Gasteiger partial charge in [0.15, 0.2) is 0 Å². The van der Waals surface area contributed by atoms with Gasteiger partial charge >= 0.3 is 11.9 Å². The zero-order valence-electron chi connectivity index (χ0n) is 5.27. The first-order valence-electron chi connectivity index (χ1n) is 2.67. The molecular formula is C7H8O5. The van der Waals surface area contributed by atoms with Crippen LogP contribution in [-0.2, 0) is 0 Å². The van der Waals surface area contributed by atoms with Gasteiger partial charge in [0.05, 0.1) is 0 Å². The van der Waals surface area contributed by atoms with Gasteiger partial charge in [-0.25, -0.2) is 9.59 Å². The molecule has 0 amide bonds. The SMILES string of the molecule is C.O=C(O)c1ccc(C(=O)O)o1. The van der Waals surface area contributed by atoms with Crippen LogP contribution in [-0.4, -0.2) is 22.2 Å². The predicted molar refractivity (Wildman–Crippen MR) is 39.4 cm³/mol. The quantitative estimate of drug-likeness (QED) is 0.702. The zero-order chi connectivity index (χ0) is 8.43. The molecule has 0 atom stereocenters. The number of aromatic carboxylic acids is 2. The standard InChI is InChI=1S/C6H4O5.CH4/c7-5(8)3-1-2-4(11-3)6(9)10;/h1-2H,(H,7,8)(H,9,10);1H4. The van der Waals surface area contributed by atoms with Gasteiger partial charge in [-0.1, -0.05) is 7.43 Å². The zero-order valence-corrected chi connectivity index (χ0v) is 5.27. The van der Waals surface area contributed by atoms with Gasteiger partial charge in [-0.2, -0.15) is 0 Å². The van der Waals surface area contributed by atoms with Crippen molar-refractivity contribution >= 4 is 11.9 Å². The molecule has 0 bridgehead atoms. The third-order valence-corrected chi connectivity index (χ3v) is 1.03. The number of carboxylic acids is 2. The Balaban J connectivity index is 0.00000121. The molecule has 0 aromatic carbocycles. The topological polar surface area (TPSA) is 87.7 Å². The van der Waals surface area contributed by atoms with Crippen LogP contribution in [0.2, 0.25) is 0 Å². The molecule has 1 aromatic heterocycles. The predicted octanol–water partition coefficient (Wildman–Crippen LogP) is 1.31. The first-order valence-corrected chi connectivity index (χ1v) is 2.67. The summed E-state index contributed by atoms with van der Waals surface area (Å²) in [7, 11) is 0. The number of hydrogen-bond acceptors (Lipinski definition) is 3. The minimum atomic E-state index is -1.28. The summed E-state index contributed by atoms with van der Waals surface area (Å²) in [5.74, 6) is -3.31. The van der Waals surface area contributed by atoms with E-state index in [1.807, 2.05) is 0 Å². The molecule has 5 nitrogen and oxygen atoms in total. The van der Waals surface area contributed by atoms with E-state index in [4.69, 9.17) is 10.2 Å². The molecule has 0 saturated heterocycles. The minimum absolute atomic E-state index is 0. The van der Waals surface area contributed by atoms with Crippen LogP contribution in [0.4, 0.5) is 0 Å². The van der Waals surface area contributed by atoms with Crippen LogP contribution in [0.25, 0.3) is 0 Å². The van der Waals surface area contributed by atoms with Gasteiger partial charge in [-0.3, -0.25) is 0 Å². The van der Waals surface area contributed by atoms with Gasteiger partial charge < -0.3 is 14.6 Å². The first kappa shape index (κ1) is 10.2. The average Bonchev–Trinajstić information content (AvgIpc) is 2.33. The van der Waals surface area contributed by atoms with Crippen LogP contribution in [0.5, 0.6) is 0 Å². The lowest BCUT2D eigenvalue weighted by molar-refractivity contribution is 0.0632. The van der Waals surface area contributed by atoms with Crippen molar-refractivity contribution in [1.82, 2.24) is 0 Å². The van der Waals surface area contributed by atoms with Crippen LogP contribution < -0.4 is 0 Å². The van der Waals surface area contributed by atoms with Crippen LogP contribution in [0.3, 0.4) is 0 Å². The Labute approximate surface area is 68.2 Å². The highest BCUT2D eigenvalue weighted by molar-refractivity contribution is 5.88. The smallest absolute Gasteiger partial charge is 0.371 e. The Kier molecular flexibility index (Phi) is 3.04. The van der Waals surface area contributed by atoms with E-state index in [1.54, 1.807) is 0 Å². The fourth-order valence-electron chi connectivity index (χ4n) is 0.568. The molecule has 0 saturated carbocycles. The number of hydrogen-bond donors (Lipinski definition) is 2. The van der Waals surface area contributed by atoms with E-state index in [-0.39, 0.29) is 18.9 Å². The molecule has 12 heavy (non-hydrogen) atoms. The lowest BCUT2D eigenvalue weighted by Gasteiger charge is -1.84. The number of furan rings is 1. The second kappa shape index (κ2) is 3.56. The maximum atomic E-state index is 10.2. The third-order valence-electron chi connectivity index (χ3n) is 1.03. The van der Waals surface area contributed by atoms with E-state index in [2.05, 4.69) is 4.42 Å². The van der Waals surface area contributed by atoms with Crippen molar-refractivity contribution in [2.24, 2.45) is 0 Å². The van der Waals surface area contributed by atoms with Crippen LogP contribution in [0, 0.1) is 0 Å². The summed E-state index contributed by atoms with van der Waals surface area (Å²) >= 11 is 0. The monoisotopic (exact) mass is 172 g/mol. The van der Waals surface area contributed by atoms with Crippen molar-refractivity contribution in [3.05, 3.63) is 23.7 Å². The second-order valence-electron chi connectivity index (χ2n) is 1.77.